The van der Waals surface area contributed by atoms with E-state index in [2.05, 4.69) is 4.74 Å². The van der Waals surface area contributed by atoms with Crippen molar-refractivity contribution in [3.63, 3.8) is 0 Å². The minimum Gasteiger partial charge on any atom is -0.481 e. The third-order valence-electron chi connectivity index (χ3n) is 1.14. The molecule has 0 radical (unpaired) electrons. The number of hydrogen-bond acceptors (Lipinski definition) is 2. The highest BCUT2D eigenvalue weighted by atomic mass is 19.4. The Balaban J connectivity index is 3.58. The minimum atomic E-state index is -4.42. The molecule has 0 aliphatic carbocycles. The summed E-state index contributed by atoms with van der Waals surface area (Å²) >= 11 is 0. The summed E-state index contributed by atoms with van der Waals surface area (Å²) in [6, 6.07) is 0. The normalized spacial score (nSPS) is 14.3. The zero-order valence-electron chi connectivity index (χ0n) is 6.39. The Bertz CT molecular complexity index is 155. The molecule has 12 heavy (non-hydrogen) atoms. The van der Waals surface area contributed by atoms with Gasteiger partial charge in [-0.3, -0.25) is 4.79 Å². The second kappa shape index (κ2) is 4.30. The van der Waals surface area contributed by atoms with Crippen molar-refractivity contribution < 1.29 is 27.8 Å². The second-order valence-electron chi connectivity index (χ2n) is 2.20. The lowest BCUT2D eigenvalue weighted by molar-refractivity contribution is -0.214. The molecule has 6 heteroatoms. The van der Waals surface area contributed by atoms with E-state index in [1.54, 1.807) is 0 Å². The van der Waals surface area contributed by atoms with Gasteiger partial charge in [-0.1, -0.05) is 0 Å². The lowest BCUT2D eigenvalue weighted by Gasteiger charge is -2.15. The summed E-state index contributed by atoms with van der Waals surface area (Å²) in [5, 5.41) is 8.07. The summed E-state index contributed by atoms with van der Waals surface area (Å²) in [6.07, 6.45) is -6.74. The summed E-state index contributed by atoms with van der Waals surface area (Å²) in [4.78, 5) is 9.87. The molecule has 1 N–H and O–H groups in total. The van der Waals surface area contributed by atoms with Crippen molar-refractivity contribution in [3.05, 3.63) is 0 Å². The number of carboxylic acids is 1. The van der Waals surface area contributed by atoms with Gasteiger partial charge in [-0.15, -0.1) is 0 Å². The van der Waals surface area contributed by atoms with Gasteiger partial charge in [0.1, 0.15) is 0 Å². The molecule has 3 nitrogen and oxygen atoms in total. The predicted octanol–water partition coefficient (Wildman–Crippen LogP) is 1.43. The molecule has 0 aromatic heterocycles. The SMILES string of the molecule is CC(OCCC(=O)O)C(F)(F)F. The van der Waals surface area contributed by atoms with Crippen LogP contribution in [-0.2, 0) is 9.53 Å². The van der Waals surface area contributed by atoms with Crippen LogP contribution in [0.4, 0.5) is 13.2 Å². The van der Waals surface area contributed by atoms with E-state index in [1.165, 1.54) is 0 Å². The molecule has 0 amide bonds. The molecule has 72 valence electrons. The van der Waals surface area contributed by atoms with Crippen molar-refractivity contribution in [3.8, 4) is 0 Å². The Morgan fingerprint density at radius 3 is 2.42 bits per heavy atom. The minimum absolute atomic E-state index is 0.416. The maximum absolute atomic E-state index is 11.7. The van der Waals surface area contributed by atoms with Crippen LogP contribution in [0.25, 0.3) is 0 Å². The van der Waals surface area contributed by atoms with E-state index < -0.39 is 31.3 Å². The molecule has 1 unspecified atom stereocenters. The molecule has 0 aromatic rings. The van der Waals surface area contributed by atoms with E-state index >= 15 is 0 Å². The highest BCUT2D eigenvalue weighted by molar-refractivity contribution is 5.66. The fourth-order valence-electron chi connectivity index (χ4n) is 0.418. The summed E-state index contributed by atoms with van der Waals surface area (Å²) < 4.78 is 39.3. The van der Waals surface area contributed by atoms with Gasteiger partial charge in [0.2, 0.25) is 0 Å². The molecule has 0 aliphatic rings. The van der Waals surface area contributed by atoms with Gasteiger partial charge < -0.3 is 9.84 Å². The van der Waals surface area contributed by atoms with Crippen molar-refractivity contribution in [1.82, 2.24) is 0 Å². The van der Waals surface area contributed by atoms with Crippen LogP contribution in [0.2, 0.25) is 0 Å². The number of alkyl halides is 3. The van der Waals surface area contributed by atoms with Gasteiger partial charge >= 0.3 is 12.1 Å². The molecule has 0 rings (SSSR count). The van der Waals surface area contributed by atoms with Gasteiger partial charge in [0, 0.05) is 0 Å². The van der Waals surface area contributed by atoms with Crippen molar-refractivity contribution in [2.45, 2.75) is 25.6 Å². The lowest BCUT2D eigenvalue weighted by Crippen LogP contribution is -2.29. The second-order valence-corrected chi connectivity index (χ2v) is 2.20. The first-order valence-corrected chi connectivity index (χ1v) is 3.24. The topological polar surface area (TPSA) is 46.5 Å². The van der Waals surface area contributed by atoms with Crippen LogP contribution in [0.1, 0.15) is 13.3 Å². The van der Waals surface area contributed by atoms with Crippen LogP contribution in [-0.4, -0.2) is 30.0 Å². The van der Waals surface area contributed by atoms with Crippen LogP contribution in [0.15, 0.2) is 0 Å². The van der Waals surface area contributed by atoms with Crippen molar-refractivity contribution in [2.24, 2.45) is 0 Å². The summed E-state index contributed by atoms with van der Waals surface area (Å²) in [7, 11) is 0. The third kappa shape index (κ3) is 4.95. The average molecular weight is 186 g/mol. The number of halogens is 3. The molecular formula is C6H9F3O3. The number of ether oxygens (including phenoxy) is 1. The molecule has 1 atom stereocenters. The Kier molecular flexibility index (Phi) is 4.02. The molecule has 0 saturated carbocycles. The molecule has 0 aliphatic heterocycles. The Labute approximate surface area is 67.1 Å². The lowest BCUT2D eigenvalue weighted by atomic mass is 10.4. The first-order valence-electron chi connectivity index (χ1n) is 3.24. The molecular weight excluding hydrogens is 177 g/mol. The van der Waals surface area contributed by atoms with Crippen LogP contribution < -0.4 is 0 Å². The average Bonchev–Trinajstić information content (AvgIpc) is 1.84. The van der Waals surface area contributed by atoms with E-state index in [4.69, 9.17) is 5.11 Å². The van der Waals surface area contributed by atoms with Gasteiger partial charge in [-0.05, 0) is 6.92 Å². The maximum atomic E-state index is 11.7. The standard InChI is InChI=1S/C6H9F3O3/c1-4(6(7,8)9)12-3-2-5(10)11/h4H,2-3H2,1H3,(H,10,11). The Hall–Kier alpha value is -0.780. The van der Waals surface area contributed by atoms with Gasteiger partial charge in [-0.25, -0.2) is 0 Å². The van der Waals surface area contributed by atoms with Crippen LogP contribution in [0, 0.1) is 0 Å². The zero-order valence-corrected chi connectivity index (χ0v) is 6.39. The molecule has 0 heterocycles. The number of carboxylic acid groups (broad SMARTS) is 1. The summed E-state index contributed by atoms with van der Waals surface area (Å²) in [5.41, 5.74) is 0. The zero-order chi connectivity index (χ0) is 9.78. The Morgan fingerprint density at radius 2 is 2.08 bits per heavy atom. The molecule has 0 aromatic carbocycles. The quantitative estimate of drug-likeness (QED) is 0.722. The first-order chi connectivity index (χ1) is 5.34. The maximum Gasteiger partial charge on any atom is 0.414 e. The van der Waals surface area contributed by atoms with Crippen molar-refractivity contribution in [2.75, 3.05) is 6.61 Å². The fourth-order valence-corrected chi connectivity index (χ4v) is 0.418. The highest BCUT2D eigenvalue weighted by Crippen LogP contribution is 2.22. The van der Waals surface area contributed by atoms with E-state index in [-0.39, 0.29) is 0 Å². The van der Waals surface area contributed by atoms with Gasteiger partial charge in [0.15, 0.2) is 6.10 Å². The smallest absolute Gasteiger partial charge is 0.414 e. The molecule has 0 spiro atoms. The van der Waals surface area contributed by atoms with Gasteiger partial charge in [0.05, 0.1) is 13.0 Å². The van der Waals surface area contributed by atoms with E-state index in [0.717, 1.165) is 6.92 Å². The number of rotatable bonds is 4. The van der Waals surface area contributed by atoms with Crippen molar-refractivity contribution >= 4 is 5.97 Å². The van der Waals surface area contributed by atoms with Crippen LogP contribution >= 0.6 is 0 Å². The molecule has 0 bridgehead atoms. The Morgan fingerprint density at radius 1 is 1.58 bits per heavy atom. The van der Waals surface area contributed by atoms with E-state index in [0.29, 0.717) is 0 Å². The van der Waals surface area contributed by atoms with Gasteiger partial charge in [0.25, 0.3) is 0 Å². The monoisotopic (exact) mass is 186 g/mol. The summed E-state index contributed by atoms with van der Waals surface area (Å²) in [6.45, 7) is 0.415. The molecule has 0 fully saturated rings. The van der Waals surface area contributed by atoms with E-state index in [9.17, 15) is 18.0 Å². The fraction of sp³-hybridized carbons (Fsp3) is 0.833. The predicted molar refractivity (Wildman–Crippen MR) is 33.7 cm³/mol. The first kappa shape index (κ1) is 11.2. The summed E-state index contributed by atoms with van der Waals surface area (Å²) in [5.74, 6) is -1.18. The number of hydrogen-bond donors (Lipinski definition) is 1. The highest BCUT2D eigenvalue weighted by Gasteiger charge is 2.36. The largest absolute Gasteiger partial charge is 0.481 e. The van der Waals surface area contributed by atoms with Crippen LogP contribution in [0.3, 0.4) is 0 Å². The van der Waals surface area contributed by atoms with Crippen molar-refractivity contribution in [1.29, 1.82) is 0 Å². The van der Waals surface area contributed by atoms with Crippen LogP contribution in [0.5, 0.6) is 0 Å². The number of aliphatic carboxylic acids is 1. The number of carbonyl (C=O) groups is 1. The van der Waals surface area contributed by atoms with E-state index in [1.807, 2.05) is 0 Å². The third-order valence-corrected chi connectivity index (χ3v) is 1.14. The molecule has 0 saturated heterocycles. The van der Waals surface area contributed by atoms with Gasteiger partial charge in [-0.2, -0.15) is 13.2 Å².